The lowest BCUT2D eigenvalue weighted by Gasteiger charge is -2.16. The molecule has 41 heavy (non-hydrogen) atoms. The summed E-state index contributed by atoms with van der Waals surface area (Å²) in [7, 11) is 3.08. The molecular weight excluding hydrogens is 580 g/mol. The average molecular weight is 614 g/mol. The number of ether oxygens (including phenoxy) is 2. The van der Waals surface area contributed by atoms with Crippen LogP contribution in [0.4, 0.5) is 0 Å². The molecule has 6 rings (SSSR count). The van der Waals surface area contributed by atoms with Gasteiger partial charge in [0.25, 0.3) is 0 Å². The zero-order valence-electron chi connectivity index (χ0n) is 24.1. The fourth-order valence-corrected chi connectivity index (χ4v) is 6.27. The highest BCUT2D eigenvalue weighted by Gasteiger charge is 2.32. The van der Waals surface area contributed by atoms with Gasteiger partial charge in [0.05, 0.1) is 31.0 Å². The Morgan fingerprint density at radius 2 is 1.51 bits per heavy atom. The normalized spacial score (nSPS) is 15.5. The summed E-state index contributed by atoms with van der Waals surface area (Å²) < 4.78 is 11.8. The highest BCUT2D eigenvalue weighted by Crippen LogP contribution is 2.39. The Labute approximate surface area is 247 Å². The van der Waals surface area contributed by atoms with Gasteiger partial charge < -0.3 is 19.4 Å². The molecule has 2 aliphatic heterocycles. The number of rotatable bonds is 3. The van der Waals surface area contributed by atoms with Crippen molar-refractivity contribution in [2.45, 2.75) is 51.4 Å². The van der Waals surface area contributed by atoms with E-state index in [2.05, 4.69) is 83.9 Å². The summed E-state index contributed by atoms with van der Waals surface area (Å²) in [5.41, 5.74) is 9.79. The third-order valence-electron chi connectivity index (χ3n) is 8.00. The van der Waals surface area contributed by atoms with Crippen molar-refractivity contribution < 1.29 is 14.3 Å². The van der Waals surface area contributed by atoms with Gasteiger partial charge in [-0.3, -0.25) is 9.97 Å². The van der Waals surface area contributed by atoms with Crippen LogP contribution < -0.4 is 4.74 Å². The van der Waals surface area contributed by atoms with Crippen LogP contribution in [0, 0.1) is 0 Å². The Morgan fingerprint density at radius 1 is 0.854 bits per heavy atom. The Bertz CT molecular complexity index is 1850. The van der Waals surface area contributed by atoms with Crippen LogP contribution in [0.5, 0.6) is 5.75 Å². The van der Waals surface area contributed by atoms with Crippen molar-refractivity contribution in [3.8, 4) is 16.9 Å². The number of H-pyrrole nitrogens is 2. The van der Waals surface area contributed by atoms with Crippen LogP contribution in [0.2, 0.25) is 0 Å². The maximum absolute atomic E-state index is 12.0. The molecule has 0 saturated carbocycles. The van der Waals surface area contributed by atoms with Crippen LogP contribution in [0.25, 0.3) is 33.2 Å². The molecule has 0 fully saturated rings. The minimum Gasteiger partial charge on any atom is -0.493 e. The van der Waals surface area contributed by atoms with Crippen LogP contribution >= 0.6 is 15.9 Å². The van der Waals surface area contributed by atoms with Crippen molar-refractivity contribution in [2.75, 3.05) is 14.2 Å². The molecule has 0 saturated heterocycles. The minimum atomic E-state index is -0.354. The fraction of sp³-hybridized carbons (Fsp3) is 0.303. The molecule has 7 nitrogen and oxygen atoms in total. The monoisotopic (exact) mass is 612 g/mol. The molecule has 0 unspecified atom stereocenters. The second kappa shape index (κ2) is 9.87. The summed E-state index contributed by atoms with van der Waals surface area (Å²) >= 11 is 3.74. The van der Waals surface area contributed by atoms with Gasteiger partial charge in [-0.1, -0.05) is 39.8 Å². The maximum Gasteiger partial charge on any atom is 0.337 e. The molecule has 0 radical (unpaired) electrons. The van der Waals surface area contributed by atoms with Crippen LogP contribution in [-0.4, -0.2) is 40.1 Å². The van der Waals surface area contributed by atoms with E-state index >= 15 is 0 Å². The molecule has 5 heterocycles. The Balaban J connectivity index is 1.68. The molecule has 3 aromatic heterocycles. The highest BCUT2D eigenvalue weighted by molar-refractivity contribution is 9.10. The van der Waals surface area contributed by atoms with Crippen LogP contribution in [-0.2, 0) is 28.4 Å². The Morgan fingerprint density at radius 3 is 2.20 bits per heavy atom. The first-order chi connectivity index (χ1) is 19.5. The molecule has 0 atom stereocenters. The van der Waals surface area contributed by atoms with Crippen molar-refractivity contribution in [1.29, 1.82) is 0 Å². The van der Waals surface area contributed by atoms with Gasteiger partial charge in [-0.25, -0.2) is 4.79 Å². The number of hydrogen-bond acceptors (Lipinski definition) is 5. The molecule has 0 spiro atoms. The lowest BCUT2D eigenvalue weighted by molar-refractivity contribution is 0.0600. The number of carbonyl (C=O) groups excluding carboxylic acids is 1. The largest absolute Gasteiger partial charge is 0.493 e. The molecule has 4 aromatic rings. The van der Waals surface area contributed by atoms with Gasteiger partial charge in [0.1, 0.15) is 0 Å². The standard InChI is InChI=1S/C33H33BrN4O3/c1-32(2)16-22-13-25-23(18-7-9-19(10-8-18)31(39)41-6)11-20(35-25)14-28-33(3,4)17-26(38-28)30(40-5)29-24(34)12-21(37-29)15-27(32)36-22/h7-15,35,37H,16-17H2,1-6H3. The van der Waals surface area contributed by atoms with Crippen LogP contribution in [0.1, 0.15) is 60.8 Å². The van der Waals surface area contributed by atoms with Gasteiger partial charge >= 0.3 is 5.97 Å². The summed E-state index contributed by atoms with van der Waals surface area (Å²) in [5, 5.41) is 0. The number of aromatic nitrogens is 4. The van der Waals surface area contributed by atoms with E-state index in [0.29, 0.717) is 5.56 Å². The SMILES string of the molecule is COC(=O)c1ccc(-c2cc3cc4nc(c(OC)c5[nH]c(cc6nc(cc2[nH]3)CC6(C)C)cc5Br)CC4(C)C)cc1. The van der Waals surface area contributed by atoms with Crippen molar-refractivity contribution in [2.24, 2.45) is 0 Å². The smallest absolute Gasteiger partial charge is 0.337 e. The number of hydrogen-bond donors (Lipinski definition) is 2. The summed E-state index contributed by atoms with van der Waals surface area (Å²) in [5.74, 6) is 0.374. The lowest BCUT2D eigenvalue weighted by Crippen LogP contribution is -2.15. The van der Waals surface area contributed by atoms with E-state index in [0.717, 1.165) is 79.0 Å². The number of esters is 1. The Kier molecular flexibility index (Phi) is 6.57. The third kappa shape index (κ3) is 4.95. The zero-order valence-corrected chi connectivity index (χ0v) is 25.7. The maximum atomic E-state index is 12.0. The Hall–Kier alpha value is -3.91. The van der Waals surface area contributed by atoms with Crippen molar-refractivity contribution in [3.05, 3.63) is 87.4 Å². The topological polar surface area (TPSA) is 92.9 Å². The predicted octanol–water partition coefficient (Wildman–Crippen LogP) is 7.58. The van der Waals surface area contributed by atoms with Gasteiger partial charge in [0.15, 0.2) is 5.75 Å². The van der Waals surface area contributed by atoms with E-state index in [9.17, 15) is 4.79 Å². The van der Waals surface area contributed by atoms with Gasteiger partial charge in [-0.15, -0.1) is 0 Å². The number of aromatic amines is 2. The summed E-state index contributed by atoms with van der Waals surface area (Å²) in [6.45, 7) is 8.84. The highest BCUT2D eigenvalue weighted by atomic mass is 79.9. The van der Waals surface area contributed by atoms with Crippen molar-refractivity contribution in [3.63, 3.8) is 0 Å². The molecule has 1 aromatic carbocycles. The summed E-state index contributed by atoms with van der Waals surface area (Å²) in [6.07, 6.45) is 1.55. The second-order valence-corrected chi connectivity index (χ2v) is 12.9. The van der Waals surface area contributed by atoms with Crippen LogP contribution in [0.15, 0.2) is 59.1 Å². The van der Waals surface area contributed by atoms with E-state index < -0.39 is 0 Å². The number of nitrogens with one attached hydrogen (secondary N) is 2. The first-order valence-corrected chi connectivity index (χ1v) is 14.4. The molecule has 8 bridgehead atoms. The molecule has 2 aliphatic rings. The average Bonchev–Trinajstić information content (AvgIpc) is 3.64. The molecule has 0 amide bonds. The zero-order chi connectivity index (χ0) is 29.1. The molecular formula is C33H33BrN4O3. The predicted molar refractivity (Wildman–Crippen MR) is 165 cm³/mol. The van der Waals surface area contributed by atoms with Crippen LogP contribution in [0.3, 0.4) is 0 Å². The number of halogens is 1. The number of methoxy groups -OCH3 is 2. The first kappa shape index (κ1) is 27.3. The number of carbonyl (C=O) groups is 1. The number of benzene rings is 1. The summed E-state index contributed by atoms with van der Waals surface area (Å²) in [4.78, 5) is 29.4. The van der Waals surface area contributed by atoms with Gasteiger partial charge in [0, 0.05) is 67.3 Å². The number of nitrogens with zero attached hydrogens (tertiary/aromatic N) is 2. The molecule has 8 heteroatoms. The lowest BCUT2D eigenvalue weighted by atomic mass is 9.87. The first-order valence-electron chi connectivity index (χ1n) is 13.6. The van der Waals surface area contributed by atoms with Gasteiger partial charge in [0.2, 0.25) is 0 Å². The van der Waals surface area contributed by atoms with E-state index in [1.165, 1.54) is 7.11 Å². The van der Waals surface area contributed by atoms with Crippen molar-refractivity contribution in [1.82, 2.24) is 19.9 Å². The van der Waals surface area contributed by atoms with E-state index in [1.54, 1.807) is 19.2 Å². The fourth-order valence-electron chi connectivity index (χ4n) is 5.75. The van der Waals surface area contributed by atoms with E-state index in [4.69, 9.17) is 19.4 Å². The van der Waals surface area contributed by atoms with Gasteiger partial charge in [-0.05, 0) is 64.0 Å². The quantitative estimate of drug-likeness (QED) is 0.233. The molecule has 2 N–H and O–H groups in total. The summed E-state index contributed by atoms with van der Waals surface area (Å²) in [6, 6.07) is 18.1. The molecule has 210 valence electrons. The third-order valence-corrected chi connectivity index (χ3v) is 8.63. The van der Waals surface area contributed by atoms with E-state index in [1.807, 2.05) is 12.1 Å². The van der Waals surface area contributed by atoms with Gasteiger partial charge in [-0.2, -0.15) is 0 Å². The number of fused-ring (bicyclic) bond motifs is 8. The second-order valence-electron chi connectivity index (χ2n) is 12.1. The van der Waals surface area contributed by atoms with E-state index in [-0.39, 0.29) is 16.8 Å². The molecule has 0 aliphatic carbocycles. The van der Waals surface area contributed by atoms with Crippen molar-refractivity contribution >= 4 is 44.0 Å². The minimum absolute atomic E-state index is 0.141.